The Kier molecular flexibility index (Phi) is 6.95. The van der Waals surface area contributed by atoms with E-state index in [2.05, 4.69) is 59.4 Å². The Morgan fingerprint density at radius 3 is 2.85 bits per heavy atom. The van der Waals surface area contributed by atoms with Crippen LogP contribution < -0.4 is 10.6 Å². The van der Waals surface area contributed by atoms with Crippen LogP contribution in [0.1, 0.15) is 26.7 Å². The summed E-state index contributed by atoms with van der Waals surface area (Å²) in [6.07, 6.45) is 14.4. The van der Waals surface area contributed by atoms with Crippen molar-refractivity contribution in [3.05, 3.63) is 47.7 Å². The fourth-order valence-electron chi connectivity index (χ4n) is 3.82. The maximum absolute atomic E-state index is 12.1. The minimum Gasteiger partial charge on any atom is -0.387 e. The van der Waals surface area contributed by atoms with E-state index in [0.29, 0.717) is 24.3 Å². The van der Waals surface area contributed by atoms with Crippen molar-refractivity contribution >= 4 is 5.91 Å². The van der Waals surface area contributed by atoms with Crippen molar-refractivity contribution in [3.8, 4) is 11.8 Å². The van der Waals surface area contributed by atoms with Crippen LogP contribution in [0.2, 0.25) is 0 Å². The Morgan fingerprint density at radius 2 is 2.15 bits per heavy atom. The van der Waals surface area contributed by atoms with Gasteiger partial charge in [0.05, 0.1) is 0 Å². The maximum Gasteiger partial charge on any atom is 0.251 e. The Hall–Kier alpha value is -2.25. The fraction of sp³-hybridized carbons (Fsp3) is 0.522. The summed E-state index contributed by atoms with van der Waals surface area (Å²) < 4.78 is 0. The minimum absolute atomic E-state index is 0.0209. The monoisotopic (exact) mass is 365 g/mol. The third-order valence-electron chi connectivity index (χ3n) is 5.62. The van der Waals surface area contributed by atoms with E-state index >= 15 is 0 Å². The average molecular weight is 366 g/mol. The lowest BCUT2D eigenvalue weighted by Gasteiger charge is -2.30. The van der Waals surface area contributed by atoms with Gasteiger partial charge in [-0.3, -0.25) is 4.79 Å². The second kappa shape index (κ2) is 9.62. The first-order chi connectivity index (χ1) is 13.1. The third-order valence-corrected chi connectivity index (χ3v) is 5.62. The van der Waals surface area contributed by atoms with Crippen LogP contribution in [0, 0.1) is 29.6 Å². The standard InChI is InChI=1S/C23H31N3O/c1-18-4-3-5-19(2)22(18)7-6-20-10-15-26(16-11-20)17-14-25-23(27)21-8-12-24-13-9-21/h3-5,8-9,12,18,20,22,24H,10-11,13-17H2,1-2H3,(H,25,27). The fourth-order valence-corrected chi connectivity index (χ4v) is 3.82. The number of allylic oxidation sites excluding steroid dienone is 4. The van der Waals surface area contributed by atoms with Crippen molar-refractivity contribution in [3.63, 3.8) is 0 Å². The van der Waals surface area contributed by atoms with Crippen molar-refractivity contribution in [1.82, 2.24) is 15.5 Å². The van der Waals surface area contributed by atoms with Gasteiger partial charge in [0.25, 0.3) is 5.91 Å². The Balaban J connectivity index is 1.37. The van der Waals surface area contributed by atoms with E-state index in [1.54, 1.807) is 0 Å². The molecule has 2 atom stereocenters. The molecule has 0 saturated carbocycles. The molecule has 0 spiro atoms. The molecule has 1 fully saturated rings. The van der Waals surface area contributed by atoms with Gasteiger partial charge in [-0.1, -0.05) is 48.6 Å². The van der Waals surface area contributed by atoms with Crippen LogP contribution in [0.3, 0.4) is 0 Å². The number of amides is 1. The Labute approximate surface area is 163 Å². The highest BCUT2D eigenvalue weighted by atomic mass is 16.1. The molecule has 2 aliphatic heterocycles. The SMILES string of the molecule is CC1=CC=CC(C)C1C#CC1CCN(CCNC(=O)C2=CCNC=C2)CC1. The number of likely N-dealkylation sites (tertiary alicyclic amines) is 1. The van der Waals surface area contributed by atoms with Gasteiger partial charge in [-0.2, -0.15) is 0 Å². The summed E-state index contributed by atoms with van der Waals surface area (Å²) in [5.41, 5.74) is 2.13. The zero-order chi connectivity index (χ0) is 19.1. The summed E-state index contributed by atoms with van der Waals surface area (Å²) in [6, 6.07) is 0. The van der Waals surface area contributed by atoms with Gasteiger partial charge >= 0.3 is 0 Å². The topological polar surface area (TPSA) is 44.4 Å². The molecule has 4 heteroatoms. The molecule has 0 bridgehead atoms. The zero-order valence-electron chi connectivity index (χ0n) is 16.5. The van der Waals surface area contributed by atoms with Gasteiger partial charge in [0, 0.05) is 37.0 Å². The van der Waals surface area contributed by atoms with Crippen molar-refractivity contribution < 1.29 is 4.79 Å². The van der Waals surface area contributed by atoms with Crippen LogP contribution in [-0.4, -0.2) is 43.5 Å². The molecule has 0 aromatic rings. The predicted octanol–water partition coefficient (Wildman–Crippen LogP) is 2.63. The largest absolute Gasteiger partial charge is 0.387 e. The number of piperidine rings is 1. The minimum atomic E-state index is 0.0209. The summed E-state index contributed by atoms with van der Waals surface area (Å²) >= 11 is 0. The predicted molar refractivity (Wildman–Crippen MR) is 111 cm³/mol. The molecule has 0 aromatic carbocycles. The van der Waals surface area contributed by atoms with Gasteiger partial charge < -0.3 is 15.5 Å². The number of rotatable bonds is 4. The van der Waals surface area contributed by atoms with Crippen LogP contribution in [0.4, 0.5) is 0 Å². The van der Waals surface area contributed by atoms with Gasteiger partial charge in [0.15, 0.2) is 0 Å². The molecule has 4 nitrogen and oxygen atoms in total. The number of hydrogen-bond acceptors (Lipinski definition) is 3. The van der Waals surface area contributed by atoms with Gasteiger partial charge in [0.1, 0.15) is 0 Å². The molecule has 0 radical (unpaired) electrons. The Morgan fingerprint density at radius 1 is 1.33 bits per heavy atom. The molecule has 3 aliphatic rings. The zero-order valence-corrected chi connectivity index (χ0v) is 16.5. The van der Waals surface area contributed by atoms with Crippen molar-refractivity contribution in [2.24, 2.45) is 17.8 Å². The second-order valence-electron chi connectivity index (χ2n) is 7.69. The summed E-state index contributed by atoms with van der Waals surface area (Å²) in [4.78, 5) is 14.5. The van der Waals surface area contributed by atoms with Crippen LogP contribution in [-0.2, 0) is 4.79 Å². The first-order valence-corrected chi connectivity index (χ1v) is 10.1. The molecule has 1 aliphatic carbocycles. The van der Waals surface area contributed by atoms with Crippen molar-refractivity contribution in [2.45, 2.75) is 26.7 Å². The molecule has 144 valence electrons. The van der Waals surface area contributed by atoms with E-state index in [4.69, 9.17) is 0 Å². The van der Waals surface area contributed by atoms with Crippen LogP contribution in [0.5, 0.6) is 0 Å². The molecule has 0 aromatic heterocycles. The number of nitrogens with one attached hydrogen (secondary N) is 2. The summed E-state index contributed by atoms with van der Waals surface area (Å²) in [5, 5.41) is 6.08. The van der Waals surface area contributed by atoms with Gasteiger partial charge in [-0.05, 0) is 51.0 Å². The van der Waals surface area contributed by atoms with E-state index in [1.807, 2.05) is 18.4 Å². The molecule has 2 unspecified atom stereocenters. The van der Waals surface area contributed by atoms with Crippen LogP contribution in [0.25, 0.3) is 0 Å². The van der Waals surface area contributed by atoms with E-state index in [-0.39, 0.29) is 5.91 Å². The van der Waals surface area contributed by atoms with Crippen molar-refractivity contribution in [1.29, 1.82) is 0 Å². The molecule has 27 heavy (non-hydrogen) atoms. The van der Waals surface area contributed by atoms with Gasteiger partial charge in [-0.25, -0.2) is 0 Å². The highest BCUT2D eigenvalue weighted by Gasteiger charge is 2.20. The molecule has 1 amide bonds. The normalized spacial score (nSPS) is 25.7. The van der Waals surface area contributed by atoms with E-state index in [9.17, 15) is 4.79 Å². The van der Waals surface area contributed by atoms with E-state index in [1.165, 1.54) is 5.57 Å². The third kappa shape index (κ3) is 5.61. The van der Waals surface area contributed by atoms with E-state index in [0.717, 1.165) is 44.6 Å². The molecule has 3 rings (SSSR count). The van der Waals surface area contributed by atoms with Crippen LogP contribution in [0.15, 0.2) is 47.7 Å². The first kappa shape index (κ1) is 19.5. The smallest absolute Gasteiger partial charge is 0.251 e. The number of carbonyl (C=O) groups excluding carboxylic acids is 1. The quantitative estimate of drug-likeness (QED) is 0.753. The average Bonchev–Trinajstić information content (AvgIpc) is 2.69. The van der Waals surface area contributed by atoms with Crippen molar-refractivity contribution in [2.75, 3.05) is 32.7 Å². The van der Waals surface area contributed by atoms with Crippen LogP contribution >= 0.6 is 0 Å². The summed E-state index contributed by atoms with van der Waals surface area (Å²) in [5.74, 6) is 8.50. The molecule has 1 saturated heterocycles. The maximum atomic E-state index is 12.1. The van der Waals surface area contributed by atoms with Gasteiger partial charge in [0.2, 0.25) is 0 Å². The molecular weight excluding hydrogens is 334 g/mol. The lowest BCUT2D eigenvalue weighted by atomic mass is 9.84. The van der Waals surface area contributed by atoms with E-state index < -0.39 is 0 Å². The molecule has 2 heterocycles. The molecule has 2 N–H and O–H groups in total. The lowest BCUT2D eigenvalue weighted by molar-refractivity contribution is -0.117. The number of nitrogens with zero attached hydrogens (tertiary/aromatic N) is 1. The highest BCUT2D eigenvalue weighted by molar-refractivity contribution is 5.96. The summed E-state index contributed by atoms with van der Waals surface area (Å²) in [6.45, 7) is 8.90. The summed E-state index contributed by atoms with van der Waals surface area (Å²) in [7, 11) is 0. The highest BCUT2D eigenvalue weighted by Crippen LogP contribution is 2.25. The molecular formula is C23H31N3O. The lowest BCUT2D eigenvalue weighted by Crippen LogP contribution is -2.39. The number of hydrogen-bond donors (Lipinski definition) is 2. The number of carbonyl (C=O) groups is 1. The Bertz CT molecular complexity index is 712. The number of dihydropyridines is 1. The first-order valence-electron chi connectivity index (χ1n) is 10.1. The second-order valence-corrected chi connectivity index (χ2v) is 7.69. The van der Waals surface area contributed by atoms with Gasteiger partial charge in [-0.15, -0.1) is 0 Å².